The fourth-order valence-electron chi connectivity index (χ4n) is 1.27. The molecule has 1 aromatic rings. The highest BCUT2D eigenvalue weighted by Gasteiger charge is 2.28. The lowest BCUT2D eigenvalue weighted by molar-refractivity contribution is -0.117. The van der Waals surface area contributed by atoms with E-state index in [0.717, 1.165) is 4.88 Å². The molecule has 1 heterocycles. The average Bonchev–Trinajstić information content (AvgIpc) is 2.55. The Bertz CT molecular complexity index is 336. The van der Waals surface area contributed by atoms with Gasteiger partial charge in [-0.15, -0.1) is 11.3 Å². The van der Waals surface area contributed by atoms with Crippen LogP contribution in [0.3, 0.4) is 0 Å². The molecule has 3 heteroatoms. The van der Waals surface area contributed by atoms with Crippen molar-refractivity contribution < 1.29 is 4.79 Å². The van der Waals surface area contributed by atoms with E-state index in [4.69, 9.17) is 5.26 Å². The molecule has 0 saturated carbocycles. The summed E-state index contributed by atoms with van der Waals surface area (Å²) in [5.41, 5.74) is -0.639. The van der Waals surface area contributed by atoms with Crippen LogP contribution in [0.15, 0.2) is 17.5 Å². The molecule has 1 aromatic heterocycles. The number of ketones is 1. The molecule has 0 saturated heterocycles. The van der Waals surface area contributed by atoms with Crippen LogP contribution < -0.4 is 0 Å². The van der Waals surface area contributed by atoms with Gasteiger partial charge >= 0.3 is 0 Å². The third-order valence-electron chi connectivity index (χ3n) is 1.91. The maximum Gasteiger partial charge on any atom is 0.131 e. The van der Waals surface area contributed by atoms with Crippen molar-refractivity contribution in [1.29, 1.82) is 5.26 Å². The lowest BCUT2D eigenvalue weighted by Gasteiger charge is -2.17. The van der Waals surface area contributed by atoms with E-state index in [1.165, 1.54) is 18.3 Å². The molecule has 68 valence electrons. The van der Waals surface area contributed by atoms with E-state index in [9.17, 15) is 4.79 Å². The third kappa shape index (κ3) is 2.16. The fraction of sp³-hybridized carbons (Fsp3) is 0.400. The highest BCUT2D eigenvalue weighted by Crippen LogP contribution is 2.30. The first kappa shape index (κ1) is 9.94. The molecule has 1 atom stereocenters. The Morgan fingerprint density at radius 1 is 1.77 bits per heavy atom. The first-order valence-electron chi connectivity index (χ1n) is 4.03. The quantitative estimate of drug-likeness (QED) is 0.740. The number of thiophene rings is 1. The standard InChI is InChI=1S/C10H11NOS/c1-8(12)6-10(2,7-11)9-4-3-5-13-9/h3-5H,6H2,1-2H3. The summed E-state index contributed by atoms with van der Waals surface area (Å²) in [7, 11) is 0. The Balaban J connectivity index is 2.96. The summed E-state index contributed by atoms with van der Waals surface area (Å²) in [6.07, 6.45) is 0.296. The van der Waals surface area contributed by atoms with Crippen molar-refractivity contribution in [3.8, 4) is 6.07 Å². The van der Waals surface area contributed by atoms with Crippen LogP contribution in [0.5, 0.6) is 0 Å². The third-order valence-corrected chi connectivity index (χ3v) is 3.05. The van der Waals surface area contributed by atoms with E-state index in [0.29, 0.717) is 6.42 Å². The average molecular weight is 193 g/mol. The van der Waals surface area contributed by atoms with E-state index >= 15 is 0 Å². The number of rotatable bonds is 3. The van der Waals surface area contributed by atoms with Gasteiger partial charge in [0, 0.05) is 11.3 Å². The second kappa shape index (κ2) is 3.71. The van der Waals surface area contributed by atoms with Crippen molar-refractivity contribution >= 4 is 17.1 Å². The molecule has 1 rings (SSSR count). The zero-order valence-corrected chi connectivity index (χ0v) is 8.52. The van der Waals surface area contributed by atoms with Crippen molar-refractivity contribution in [3.05, 3.63) is 22.4 Å². The van der Waals surface area contributed by atoms with Crippen LogP contribution in [0.4, 0.5) is 0 Å². The minimum absolute atomic E-state index is 0.0532. The second-order valence-electron chi connectivity index (χ2n) is 3.30. The number of hydrogen-bond donors (Lipinski definition) is 0. The van der Waals surface area contributed by atoms with Gasteiger partial charge in [0.25, 0.3) is 0 Å². The van der Waals surface area contributed by atoms with E-state index in [1.54, 1.807) is 6.92 Å². The van der Waals surface area contributed by atoms with Crippen LogP contribution in [0.2, 0.25) is 0 Å². The van der Waals surface area contributed by atoms with Gasteiger partial charge in [0.15, 0.2) is 0 Å². The zero-order valence-electron chi connectivity index (χ0n) is 7.70. The molecule has 0 fully saturated rings. The largest absolute Gasteiger partial charge is 0.300 e. The van der Waals surface area contributed by atoms with E-state index < -0.39 is 5.41 Å². The van der Waals surface area contributed by atoms with Gasteiger partial charge in [-0.05, 0) is 25.3 Å². The fourth-order valence-corrected chi connectivity index (χ4v) is 2.11. The summed E-state index contributed by atoms with van der Waals surface area (Å²) in [6.45, 7) is 3.32. The molecule has 0 aliphatic rings. The van der Waals surface area contributed by atoms with Gasteiger partial charge in [0.2, 0.25) is 0 Å². The molecule has 0 N–H and O–H groups in total. The van der Waals surface area contributed by atoms with Crippen LogP contribution in [0.1, 0.15) is 25.1 Å². The lowest BCUT2D eigenvalue weighted by Crippen LogP contribution is -2.21. The van der Waals surface area contributed by atoms with Crippen LogP contribution >= 0.6 is 11.3 Å². The van der Waals surface area contributed by atoms with Crippen molar-refractivity contribution in [2.45, 2.75) is 25.7 Å². The normalized spacial score (nSPS) is 14.5. The Labute approximate surface area is 81.8 Å². The van der Waals surface area contributed by atoms with Crippen LogP contribution in [-0.2, 0) is 10.2 Å². The number of hydrogen-bond acceptors (Lipinski definition) is 3. The predicted molar refractivity (Wildman–Crippen MR) is 52.6 cm³/mol. The van der Waals surface area contributed by atoms with Crippen LogP contribution in [0.25, 0.3) is 0 Å². The van der Waals surface area contributed by atoms with Gasteiger partial charge in [-0.2, -0.15) is 5.26 Å². The summed E-state index contributed by atoms with van der Waals surface area (Å²) < 4.78 is 0. The van der Waals surface area contributed by atoms with Crippen molar-refractivity contribution in [2.75, 3.05) is 0 Å². The van der Waals surface area contributed by atoms with E-state index in [1.807, 2.05) is 17.5 Å². The number of nitriles is 1. The summed E-state index contributed by atoms with van der Waals surface area (Å²) in [5, 5.41) is 10.9. The topological polar surface area (TPSA) is 40.9 Å². The van der Waals surface area contributed by atoms with Crippen molar-refractivity contribution in [3.63, 3.8) is 0 Å². The molecule has 0 aromatic carbocycles. The van der Waals surface area contributed by atoms with Gasteiger partial charge in [0.1, 0.15) is 5.78 Å². The number of carbonyl (C=O) groups excluding carboxylic acids is 1. The summed E-state index contributed by atoms with van der Waals surface area (Å²) in [4.78, 5) is 11.9. The summed E-state index contributed by atoms with van der Waals surface area (Å²) >= 11 is 1.52. The van der Waals surface area contributed by atoms with Gasteiger partial charge in [0.05, 0.1) is 11.5 Å². The first-order valence-corrected chi connectivity index (χ1v) is 4.91. The second-order valence-corrected chi connectivity index (χ2v) is 4.25. The number of nitrogens with zero attached hydrogens (tertiary/aromatic N) is 1. The molecule has 0 aliphatic carbocycles. The summed E-state index contributed by atoms with van der Waals surface area (Å²) in [6, 6.07) is 6.00. The van der Waals surface area contributed by atoms with Crippen molar-refractivity contribution in [1.82, 2.24) is 0 Å². The molecular weight excluding hydrogens is 182 g/mol. The molecule has 0 radical (unpaired) electrons. The first-order chi connectivity index (χ1) is 6.08. The number of Topliss-reactive ketones (excluding diaryl/α,β-unsaturated/α-hetero) is 1. The highest BCUT2D eigenvalue weighted by molar-refractivity contribution is 7.10. The SMILES string of the molecule is CC(=O)CC(C)(C#N)c1cccs1. The predicted octanol–water partition coefficient (Wildman–Crippen LogP) is 2.51. The maximum absolute atomic E-state index is 11.0. The van der Waals surface area contributed by atoms with Gasteiger partial charge in [-0.25, -0.2) is 0 Å². The number of carbonyl (C=O) groups is 1. The molecular formula is C10H11NOS. The van der Waals surface area contributed by atoms with Gasteiger partial charge in [-0.1, -0.05) is 6.07 Å². The molecule has 0 bridgehead atoms. The zero-order chi connectivity index (χ0) is 9.90. The summed E-state index contributed by atoms with van der Waals surface area (Å²) in [5.74, 6) is 0.0532. The Hall–Kier alpha value is -1.14. The van der Waals surface area contributed by atoms with Gasteiger partial charge in [-0.3, -0.25) is 4.79 Å². The van der Waals surface area contributed by atoms with Crippen molar-refractivity contribution in [2.24, 2.45) is 0 Å². The minimum Gasteiger partial charge on any atom is -0.300 e. The van der Waals surface area contributed by atoms with Gasteiger partial charge < -0.3 is 0 Å². The Morgan fingerprint density at radius 2 is 2.46 bits per heavy atom. The Kier molecular flexibility index (Phi) is 2.84. The maximum atomic E-state index is 11.0. The van der Waals surface area contributed by atoms with E-state index in [-0.39, 0.29) is 5.78 Å². The van der Waals surface area contributed by atoms with Crippen LogP contribution in [-0.4, -0.2) is 5.78 Å². The monoisotopic (exact) mass is 193 g/mol. The highest BCUT2D eigenvalue weighted by atomic mass is 32.1. The molecule has 2 nitrogen and oxygen atoms in total. The Morgan fingerprint density at radius 3 is 2.85 bits per heavy atom. The molecule has 0 amide bonds. The minimum atomic E-state index is -0.639. The smallest absolute Gasteiger partial charge is 0.131 e. The molecule has 0 spiro atoms. The lowest BCUT2D eigenvalue weighted by atomic mass is 9.85. The van der Waals surface area contributed by atoms with Crippen LogP contribution in [0, 0.1) is 11.3 Å². The molecule has 0 aliphatic heterocycles. The van der Waals surface area contributed by atoms with E-state index in [2.05, 4.69) is 6.07 Å². The molecule has 1 unspecified atom stereocenters. The molecule has 13 heavy (non-hydrogen) atoms.